The van der Waals surface area contributed by atoms with Crippen molar-refractivity contribution in [2.45, 2.75) is 6.54 Å². The monoisotopic (exact) mass is 450 g/mol. The van der Waals surface area contributed by atoms with E-state index in [9.17, 15) is 9.59 Å². The lowest BCUT2D eigenvalue weighted by atomic mass is 10.2. The molecule has 4 rings (SSSR count). The van der Waals surface area contributed by atoms with Crippen molar-refractivity contribution in [1.29, 1.82) is 0 Å². The Morgan fingerprint density at radius 3 is 2.10 bits per heavy atom. The summed E-state index contributed by atoms with van der Waals surface area (Å²) in [7, 11) is 0. The number of quaternary nitrogens is 1. The largest absolute Gasteiger partial charge is 0.354 e. The van der Waals surface area contributed by atoms with Gasteiger partial charge in [0.2, 0.25) is 0 Å². The molecule has 2 amide bonds. The van der Waals surface area contributed by atoms with E-state index in [1.807, 2.05) is 23.1 Å². The van der Waals surface area contributed by atoms with E-state index in [0.29, 0.717) is 28.8 Å². The van der Waals surface area contributed by atoms with E-state index >= 15 is 0 Å². The van der Waals surface area contributed by atoms with Crippen molar-refractivity contribution in [2.24, 2.45) is 0 Å². The highest BCUT2D eigenvalue weighted by Gasteiger charge is 2.42. The lowest BCUT2D eigenvalue weighted by molar-refractivity contribution is -0.917. The van der Waals surface area contributed by atoms with Crippen LogP contribution in [0.25, 0.3) is 0 Å². The normalized spacial score (nSPS) is 18.2. The number of nitrogens with zero attached hydrogens (tertiary/aromatic N) is 2. The molecule has 0 bridgehead atoms. The zero-order valence-electron chi connectivity index (χ0n) is 15.5. The molecule has 1 fully saturated rings. The Morgan fingerprint density at radius 1 is 0.862 bits per heavy atom. The number of hydrogen-bond acceptors (Lipinski definition) is 3. The minimum Gasteiger partial charge on any atom is -0.354 e. The molecule has 0 radical (unpaired) electrons. The van der Waals surface area contributed by atoms with E-state index in [4.69, 9.17) is 34.8 Å². The summed E-state index contributed by atoms with van der Waals surface area (Å²) >= 11 is 18.4. The molecule has 150 valence electrons. The number of nitrogens with one attached hydrogen (secondary N) is 1. The van der Waals surface area contributed by atoms with Crippen LogP contribution >= 0.6 is 34.8 Å². The number of amides is 2. The first-order valence-corrected chi connectivity index (χ1v) is 10.4. The van der Waals surface area contributed by atoms with Crippen LogP contribution in [0, 0.1) is 0 Å². The summed E-state index contributed by atoms with van der Waals surface area (Å²) in [4.78, 5) is 30.1. The molecule has 0 aliphatic carbocycles. The van der Waals surface area contributed by atoms with Gasteiger partial charge in [-0.25, -0.2) is 4.90 Å². The number of hydrogen-bond donors (Lipinski definition) is 1. The maximum Gasteiger partial charge on any atom is 0.283 e. The quantitative estimate of drug-likeness (QED) is 0.727. The van der Waals surface area contributed by atoms with E-state index < -0.39 is 11.8 Å². The van der Waals surface area contributed by atoms with Crippen LogP contribution in [-0.4, -0.2) is 42.9 Å². The number of imide groups is 1. The highest BCUT2D eigenvalue weighted by molar-refractivity contribution is 6.52. The Labute approximate surface area is 184 Å². The fourth-order valence-corrected chi connectivity index (χ4v) is 4.58. The summed E-state index contributed by atoms with van der Waals surface area (Å²) in [5.74, 6) is -0.992. The third-order valence-corrected chi connectivity index (χ3v) is 5.97. The predicted molar refractivity (Wildman–Crippen MR) is 114 cm³/mol. The van der Waals surface area contributed by atoms with Crippen LogP contribution in [-0.2, 0) is 16.1 Å². The van der Waals surface area contributed by atoms with Gasteiger partial charge in [-0.15, -0.1) is 0 Å². The molecular formula is C21H19Cl3N3O2+. The number of anilines is 1. The number of piperazine rings is 1. The first kappa shape index (κ1) is 20.2. The zero-order chi connectivity index (χ0) is 20.5. The Bertz CT molecular complexity index is 966. The second kappa shape index (κ2) is 8.36. The molecule has 2 aliphatic rings. The van der Waals surface area contributed by atoms with Gasteiger partial charge in [0.25, 0.3) is 11.8 Å². The standard InChI is InChI=1S/C21H18Cl3N3O2/c22-15-10-16(23)12-17(11-15)27-20(28)18(24)19(21(27)29)26-8-6-25(7-9-26)13-14-4-2-1-3-5-14/h1-5,10-12H,6-9,13H2/p+1. The molecule has 0 atom stereocenters. The second-order valence-electron chi connectivity index (χ2n) is 7.14. The number of rotatable bonds is 4. The molecule has 0 spiro atoms. The van der Waals surface area contributed by atoms with Gasteiger partial charge >= 0.3 is 0 Å². The van der Waals surface area contributed by atoms with Gasteiger partial charge in [-0.05, 0) is 18.2 Å². The van der Waals surface area contributed by atoms with Crippen LogP contribution in [0.3, 0.4) is 0 Å². The van der Waals surface area contributed by atoms with Crippen LogP contribution in [0.4, 0.5) is 5.69 Å². The van der Waals surface area contributed by atoms with E-state index in [1.165, 1.54) is 22.6 Å². The molecule has 0 saturated carbocycles. The summed E-state index contributed by atoms with van der Waals surface area (Å²) < 4.78 is 0. The average molecular weight is 452 g/mol. The summed E-state index contributed by atoms with van der Waals surface area (Å²) in [6.45, 7) is 3.94. The van der Waals surface area contributed by atoms with E-state index in [2.05, 4.69) is 12.1 Å². The van der Waals surface area contributed by atoms with Gasteiger partial charge in [-0.1, -0.05) is 65.1 Å². The summed E-state index contributed by atoms with van der Waals surface area (Å²) in [6.07, 6.45) is 0. The zero-order valence-corrected chi connectivity index (χ0v) is 17.8. The van der Waals surface area contributed by atoms with Crippen molar-refractivity contribution >= 4 is 52.3 Å². The highest BCUT2D eigenvalue weighted by atomic mass is 35.5. The lowest BCUT2D eigenvalue weighted by Gasteiger charge is -2.33. The molecule has 2 aliphatic heterocycles. The molecule has 2 aromatic rings. The molecule has 0 unspecified atom stereocenters. The van der Waals surface area contributed by atoms with Gasteiger partial charge in [0.15, 0.2) is 0 Å². The Morgan fingerprint density at radius 2 is 1.48 bits per heavy atom. The van der Waals surface area contributed by atoms with Crippen LogP contribution in [0.5, 0.6) is 0 Å². The molecule has 5 nitrogen and oxygen atoms in total. The minimum absolute atomic E-state index is 0.0578. The number of benzene rings is 2. The summed E-state index contributed by atoms with van der Waals surface area (Å²) in [5.41, 5.74) is 1.86. The maximum atomic E-state index is 13.0. The van der Waals surface area contributed by atoms with Crippen LogP contribution in [0.15, 0.2) is 59.3 Å². The number of halogens is 3. The highest BCUT2D eigenvalue weighted by Crippen LogP contribution is 2.33. The summed E-state index contributed by atoms with van der Waals surface area (Å²) in [5, 5.41) is 0.629. The number of carbonyl (C=O) groups is 2. The van der Waals surface area contributed by atoms with Crippen molar-refractivity contribution < 1.29 is 14.5 Å². The molecule has 8 heteroatoms. The Kier molecular flexibility index (Phi) is 5.83. The smallest absolute Gasteiger partial charge is 0.283 e. The van der Waals surface area contributed by atoms with Crippen LogP contribution in [0.1, 0.15) is 5.56 Å². The number of carbonyl (C=O) groups excluding carboxylic acids is 2. The van der Waals surface area contributed by atoms with Crippen molar-refractivity contribution in [3.63, 3.8) is 0 Å². The predicted octanol–water partition coefficient (Wildman–Crippen LogP) is 2.72. The SMILES string of the molecule is O=C1C(Cl)=C(N2CC[NH+](Cc3ccccc3)CC2)C(=O)N1c1cc(Cl)cc(Cl)c1. The maximum absolute atomic E-state index is 13.0. The average Bonchev–Trinajstić information content (AvgIpc) is 2.91. The van der Waals surface area contributed by atoms with E-state index in [1.54, 1.807) is 6.07 Å². The Balaban J connectivity index is 1.48. The molecule has 0 aromatic heterocycles. The lowest BCUT2D eigenvalue weighted by Crippen LogP contribution is -3.13. The topological polar surface area (TPSA) is 45.1 Å². The van der Waals surface area contributed by atoms with Crippen molar-refractivity contribution in [3.8, 4) is 0 Å². The minimum atomic E-state index is -0.552. The first-order valence-electron chi connectivity index (χ1n) is 9.31. The fraction of sp³-hybridized carbons (Fsp3) is 0.238. The van der Waals surface area contributed by atoms with E-state index in [-0.39, 0.29) is 10.7 Å². The van der Waals surface area contributed by atoms with Gasteiger partial charge in [-0.2, -0.15) is 0 Å². The molecule has 29 heavy (non-hydrogen) atoms. The van der Waals surface area contributed by atoms with Crippen molar-refractivity contribution in [2.75, 3.05) is 31.1 Å². The van der Waals surface area contributed by atoms with Crippen molar-refractivity contribution in [3.05, 3.63) is 74.9 Å². The fourth-order valence-electron chi connectivity index (χ4n) is 3.78. The molecule has 2 heterocycles. The summed E-state index contributed by atoms with van der Waals surface area (Å²) in [6, 6.07) is 14.9. The third kappa shape index (κ3) is 4.14. The van der Waals surface area contributed by atoms with E-state index in [0.717, 1.165) is 24.5 Å². The molecular weight excluding hydrogens is 433 g/mol. The van der Waals surface area contributed by atoms with Crippen LogP contribution in [0.2, 0.25) is 10.0 Å². The first-order chi connectivity index (χ1) is 13.9. The van der Waals surface area contributed by atoms with Crippen molar-refractivity contribution in [1.82, 2.24) is 4.90 Å². The van der Waals surface area contributed by atoms with Gasteiger partial charge in [0.05, 0.1) is 31.9 Å². The third-order valence-electron chi connectivity index (χ3n) is 5.19. The van der Waals surface area contributed by atoms with Gasteiger partial charge in [-0.3, -0.25) is 9.59 Å². The molecule has 2 aromatic carbocycles. The van der Waals surface area contributed by atoms with Gasteiger partial charge in [0.1, 0.15) is 17.3 Å². The second-order valence-corrected chi connectivity index (χ2v) is 8.39. The van der Waals surface area contributed by atoms with Gasteiger partial charge in [0, 0.05) is 15.6 Å². The molecule has 1 saturated heterocycles. The Hall–Kier alpha value is -2.05. The van der Waals surface area contributed by atoms with Gasteiger partial charge < -0.3 is 9.80 Å². The molecule has 1 N–H and O–H groups in total. The van der Waals surface area contributed by atoms with Crippen LogP contribution < -0.4 is 9.80 Å².